The fraction of sp³-hybridized carbons (Fsp3) is 0.222. The van der Waals surface area contributed by atoms with Crippen LogP contribution in [0.15, 0.2) is 12.4 Å². The van der Waals surface area contributed by atoms with Gasteiger partial charge in [-0.25, -0.2) is 9.97 Å². The third-order valence-corrected chi connectivity index (χ3v) is 1.48. The van der Waals surface area contributed by atoms with Crippen molar-refractivity contribution in [3.05, 3.63) is 23.8 Å². The van der Waals surface area contributed by atoms with Gasteiger partial charge in [0.1, 0.15) is 29.6 Å². The predicted octanol–water partition coefficient (Wildman–Crippen LogP) is 0.510. The fourth-order valence-electron chi connectivity index (χ4n) is 0.888. The Hall–Kier alpha value is -2.09. The van der Waals surface area contributed by atoms with Crippen molar-refractivity contribution in [1.82, 2.24) is 9.97 Å². The first-order chi connectivity index (χ1) is 6.63. The van der Waals surface area contributed by atoms with Crippen LogP contribution in [0.1, 0.15) is 29.5 Å². The van der Waals surface area contributed by atoms with E-state index in [1.165, 1.54) is 13.0 Å². The van der Waals surface area contributed by atoms with Crippen LogP contribution >= 0.6 is 0 Å². The Balaban J connectivity index is 2.91. The lowest BCUT2D eigenvalue weighted by atomic mass is 10.1. The maximum atomic E-state index is 11.3. The Kier molecular flexibility index (Phi) is 3.02. The Morgan fingerprint density at radius 2 is 2.21 bits per heavy atom. The molecule has 14 heavy (non-hydrogen) atoms. The molecule has 1 aromatic rings. The standard InChI is InChI=1S/C9H7N3O2/c1-6(13)2-9(14)8-3-7(4-10)11-5-12-8/h3,5H,2H2,1H3. The van der Waals surface area contributed by atoms with Crippen LogP contribution in [0, 0.1) is 11.3 Å². The number of nitriles is 1. The molecule has 0 radical (unpaired) electrons. The molecule has 0 saturated heterocycles. The van der Waals surface area contributed by atoms with Crippen molar-refractivity contribution in [1.29, 1.82) is 5.26 Å². The van der Waals surface area contributed by atoms with Gasteiger partial charge in [-0.15, -0.1) is 0 Å². The molecular weight excluding hydrogens is 182 g/mol. The lowest BCUT2D eigenvalue weighted by Gasteiger charge is -1.96. The Morgan fingerprint density at radius 1 is 1.50 bits per heavy atom. The number of aromatic nitrogens is 2. The van der Waals surface area contributed by atoms with Crippen LogP contribution in [0.4, 0.5) is 0 Å². The molecule has 1 rings (SSSR count). The lowest BCUT2D eigenvalue weighted by molar-refractivity contribution is -0.116. The normalized spacial score (nSPS) is 9.14. The molecule has 0 saturated carbocycles. The molecule has 0 aromatic carbocycles. The first-order valence-electron chi connectivity index (χ1n) is 3.88. The van der Waals surface area contributed by atoms with Crippen molar-refractivity contribution >= 4 is 11.6 Å². The van der Waals surface area contributed by atoms with E-state index in [2.05, 4.69) is 9.97 Å². The van der Waals surface area contributed by atoms with Crippen molar-refractivity contribution in [2.24, 2.45) is 0 Å². The number of carbonyl (C=O) groups excluding carboxylic acids is 2. The predicted molar refractivity (Wildman–Crippen MR) is 46.4 cm³/mol. The molecule has 0 bridgehead atoms. The SMILES string of the molecule is CC(=O)CC(=O)c1cc(C#N)ncn1. The van der Waals surface area contributed by atoms with Gasteiger partial charge in [-0.05, 0) is 6.92 Å². The summed E-state index contributed by atoms with van der Waals surface area (Å²) in [7, 11) is 0. The van der Waals surface area contributed by atoms with Gasteiger partial charge >= 0.3 is 0 Å². The van der Waals surface area contributed by atoms with Crippen molar-refractivity contribution in [2.45, 2.75) is 13.3 Å². The maximum Gasteiger partial charge on any atom is 0.188 e. The molecule has 0 aliphatic carbocycles. The first kappa shape index (κ1) is 9.99. The van der Waals surface area contributed by atoms with Gasteiger partial charge in [-0.2, -0.15) is 5.26 Å². The average molecular weight is 189 g/mol. The Labute approximate surface area is 80.4 Å². The molecule has 0 fully saturated rings. The zero-order chi connectivity index (χ0) is 10.6. The summed E-state index contributed by atoms with van der Waals surface area (Å²) in [5.74, 6) is -0.622. The summed E-state index contributed by atoms with van der Waals surface area (Å²) in [6.45, 7) is 1.32. The summed E-state index contributed by atoms with van der Waals surface area (Å²) in [5.41, 5.74) is 0.221. The summed E-state index contributed by atoms with van der Waals surface area (Å²) < 4.78 is 0. The molecule has 0 aliphatic heterocycles. The highest BCUT2D eigenvalue weighted by Gasteiger charge is 2.10. The van der Waals surface area contributed by atoms with Crippen LogP contribution in [-0.2, 0) is 4.79 Å². The molecule has 70 valence electrons. The summed E-state index contributed by atoms with van der Waals surface area (Å²) in [5, 5.41) is 8.51. The molecule has 1 aromatic heterocycles. The summed E-state index contributed by atoms with van der Waals surface area (Å²) in [4.78, 5) is 29.2. The van der Waals surface area contributed by atoms with E-state index < -0.39 is 5.78 Å². The molecule has 0 atom stereocenters. The number of hydrogen-bond donors (Lipinski definition) is 0. The largest absolute Gasteiger partial charge is 0.300 e. The minimum atomic E-state index is -0.392. The van der Waals surface area contributed by atoms with E-state index in [1.54, 1.807) is 6.07 Å². The zero-order valence-corrected chi connectivity index (χ0v) is 7.52. The number of rotatable bonds is 3. The van der Waals surface area contributed by atoms with Crippen molar-refractivity contribution in [3.63, 3.8) is 0 Å². The fourth-order valence-corrected chi connectivity index (χ4v) is 0.888. The average Bonchev–Trinajstić information content (AvgIpc) is 2.17. The van der Waals surface area contributed by atoms with E-state index in [4.69, 9.17) is 5.26 Å². The molecule has 1 heterocycles. The third kappa shape index (κ3) is 2.45. The van der Waals surface area contributed by atoms with Crippen LogP contribution in [0.2, 0.25) is 0 Å². The van der Waals surface area contributed by atoms with Gasteiger partial charge in [-0.1, -0.05) is 0 Å². The maximum absolute atomic E-state index is 11.3. The Bertz CT molecular complexity index is 420. The van der Waals surface area contributed by atoms with Gasteiger partial charge in [0, 0.05) is 6.07 Å². The second-order valence-electron chi connectivity index (χ2n) is 2.70. The van der Waals surface area contributed by atoms with Crippen molar-refractivity contribution in [2.75, 3.05) is 0 Å². The van der Waals surface area contributed by atoms with Crippen molar-refractivity contribution < 1.29 is 9.59 Å². The number of ketones is 2. The number of nitrogens with zero attached hydrogens (tertiary/aromatic N) is 3. The lowest BCUT2D eigenvalue weighted by Crippen LogP contribution is -2.07. The molecule has 0 unspecified atom stereocenters. The van der Waals surface area contributed by atoms with E-state index in [0.29, 0.717) is 0 Å². The van der Waals surface area contributed by atoms with Crippen molar-refractivity contribution in [3.8, 4) is 6.07 Å². The van der Waals surface area contributed by atoms with E-state index >= 15 is 0 Å². The van der Waals surface area contributed by atoms with Crippen LogP contribution in [0.5, 0.6) is 0 Å². The van der Waals surface area contributed by atoms with E-state index in [9.17, 15) is 9.59 Å². The summed E-state index contributed by atoms with van der Waals surface area (Å²) in [6.07, 6.45) is 0.938. The molecule has 0 aliphatic rings. The van der Waals surface area contributed by atoms with Gasteiger partial charge in [0.2, 0.25) is 0 Å². The van der Waals surface area contributed by atoms with Crippen LogP contribution in [0.25, 0.3) is 0 Å². The molecule has 5 heteroatoms. The number of hydrogen-bond acceptors (Lipinski definition) is 5. The first-order valence-corrected chi connectivity index (χ1v) is 3.88. The number of Topliss-reactive ketones (excluding diaryl/α,β-unsaturated/α-hetero) is 2. The quantitative estimate of drug-likeness (QED) is 0.511. The molecule has 5 nitrogen and oxygen atoms in total. The third-order valence-electron chi connectivity index (χ3n) is 1.48. The van der Waals surface area contributed by atoms with E-state index in [1.807, 2.05) is 0 Å². The van der Waals surface area contributed by atoms with Gasteiger partial charge < -0.3 is 0 Å². The zero-order valence-electron chi connectivity index (χ0n) is 7.52. The molecule has 0 amide bonds. The topological polar surface area (TPSA) is 83.7 Å². The minimum absolute atomic E-state index is 0.103. The smallest absolute Gasteiger partial charge is 0.188 e. The van der Waals surface area contributed by atoms with E-state index in [0.717, 1.165) is 6.33 Å². The summed E-state index contributed by atoms with van der Waals surface area (Å²) in [6, 6.07) is 3.06. The van der Waals surface area contributed by atoms with Crippen LogP contribution in [0.3, 0.4) is 0 Å². The van der Waals surface area contributed by atoms with Gasteiger partial charge in [0.15, 0.2) is 5.78 Å². The highest BCUT2D eigenvalue weighted by molar-refractivity contribution is 6.06. The molecule has 0 N–H and O–H groups in total. The second kappa shape index (κ2) is 4.23. The van der Waals surface area contributed by atoms with Crippen LogP contribution < -0.4 is 0 Å². The molecular formula is C9H7N3O2. The monoisotopic (exact) mass is 189 g/mol. The van der Waals surface area contributed by atoms with Gasteiger partial charge in [0.05, 0.1) is 6.42 Å². The Morgan fingerprint density at radius 3 is 2.79 bits per heavy atom. The number of carbonyl (C=O) groups is 2. The van der Waals surface area contributed by atoms with E-state index in [-0.39, 0.29) is 23.6 Å². The minimum Gasteiger partial charge on any atom is -0.300 e. The molecule has 0 spiro atoms. The summed E-state index contributed by atoms with van der Waals surface area (Å²) >= 11 is 0. The van der Waals surface area contributed by atoms with Gasteiger partial charge in [0.25, 0.3) is 0 Å². The second-order valence-corrected chi connectivity index (χ2v) is 2.70. The highest BCUT2D eigenvalue weighted by atomic mass is 16.1. The highest BCUT2D eigenvalue weighted by Crippen LogP contribution is 2.01. The van der Waals surface area contributed by atoms with Gasteiger partial charge in [-0.3, -0.25) is 9.59 Å². The van der Waals surface area contributed by atoms with Crippen LogP contribution in [-0.4, -0.2) is 21.5 Å².